The van der Waals surface area contributed by atoms with E-state index in [1.54, 1.807) is 25.3 Å². The van der Waals surface area contributed by atoms with Gasteiger partial charge in [-0.15, -0.1) is 0 Å². The van der Waals surface area contributed by atoms with E-state index < -0.39 is 0 Å². The fourth-order valence-corrected chi connectivity index (χ4v) is 3.33. The van der Waals surface area contributed by atoms with Crippen molar-refractivity contribution in [2.45, 2.75) is 12.8 Å². The molecule has 0 radical (unpaired) electrons. The van der Waals surface area contributed by atoms with Gasteiger partial charge in [0.2, 0.25) is 5.91 Å². The molecular weight excluding hydrogens is 374 g/mol. The monoisotopic (exact) mass is 399 g/mol. The molecule has 29 heavy (non-hydrogen) atoms. The second-order valence-electron chi connectivity index (χ2n) is 6.74. The smallest absolute Gasteiger partial charge is 0.292 e. The summed E-state index contributed by atoms with van der Waals surface area (Å²) in [5.41, 5.74) is 0.709. The van der Waals surface area contributed by atoms with Crippen LogP contribution in [0.25, 0.3) is 0 Å². The molecule has 2 aromatic carbocycles. The average molecular weight is 399 g/mol. The first kappa shape index (κ1) is 20.4. The van der Waals surface area contributed by atoms with Gasteiger partial charge in [0.15, 0.2) is 0 Å². The topological polar surface area (TPSA) is 85.2 Å². The molecule has 1 saturated heterocycles. The highest BCUT2D eigenvalue weighted by atomic mass is 16.6. The lowest BCUT2D eigenvalue weighted by Gasteiger charge is -2.35. The van der Waals surface area contributed by atoms with Crippen molar-refractivity contribution in [2.75, 3.05) is 44.8 Å². The van der Waals surface area contributed by atoms with Gasteiger partial charge < -0.3 is 19.3 Å². The fourth-order valence-electron chi connectivity index (χ4n) is 3.33. The lowest BCUT2D eigenvalue weighted by Crippen LogP contribution is -2.49. The van der Waals surface area contributed by atoms with E-state index in [1.807, 2.05) is 34.1 Å². The van der Waals surface area contributed by atoms with Gasteiger partial charge in [0.05, 0.1) is 18.6 Å². The van der Waals surface area contributed by atoms with E-state index in [1.165, 1.54) is 6.07 Å². The summed E-state index contributed by atoms with van der Waals surface area (Å²) in [6.07, 6.45) is 1.05. The number of benzene rings is 2. The predicted molar refractivity (Wildman–Crippen MR) is 110 cm³/mol. The maximum atomic E-state index is 12.4. The van der Waals surface area contributed by atoms with E-state index in [-0.39, 0.29) is 16.5 Å². The van der Waals surface area contributed by atoms with Crippen LogP contribution in [0.3, 0.4) is 0 Å². The first-order valence-electron chi connectivity index (χ1n) is 9.61. The predicted octanol–water partition coefficient (Wildman–Crippen LogP) is 3.11. The fraction of sp³-hybridized carbons (Fsp3) is 0.381. The number of amides is 1. The molecule has 1 amide bonds. The van der Waals surface area contributed by atoms with E-state index >= 15 is 0 Å². The number of methoxy groups -OCH3 is 1. The summed E-state index contributed by atoms with van der Waals surface area (Å²) in [5.74, 6) is 1.61. The van der Waals surface area contributed by atoms with E-state index in [0.29, 0.717) is 51.3 Å². The summed E-state index contributed by atoms with van der Waals surface area (Å²) in [5, 5.41) is 11.2. The summed E-state index contributed by atoms with van der Waals surface area (Å²) in [6, 6.07) is 14.1. The highest BCUT2D eigenvalue weighted by Gasteiger charge is 2.25. The minimum atomic E-state index is -0.365. The Bertz CT molecular complexity index is 832. The molecule has 0 saturated carbocycles. The van der Waals surface area contributed by atoms with Gasteiger partial charge in [-0.25, -0.2) is 0 Å². The van der Waals surface area contributed by atoms with Crippen LogP contribution in [0.2, 0.25) is 0 Å². The Morgan fingerprint density at radius 1 is 1.03 bits per heavy atom. The van der Waals surface area contributed by atoms with Crippen molar-refractivity contribution < 1.29 is 19.2 Å². The molecule has 1 aliphatic rings. The first-order valence-corrected chi connectivity index (χ1v) is 9.61. The summed E-state index contributed by atoms with van der Waals surface area (Å²) < 4.78 is 10.8. The zero-order valence-electron chi connectivity index (χ0n) is 16.5. The van der Waals surface area contributed by atoms with Crippen molar-refractivity contribution in [1.82, 2.24) is 4.90 Å². The van der Waals surface area contributed by atoms with Gasteiger partial charge in [-0.1, -0.05) is 12.1 Å². The Labute approximate surface area is 169 Å². The molecule has 0 unspecified atom stereocenters. The Morgan fingerprint density at radius 2 is 1.69 bits per heavy atom. The van der Waals surface area contributed by atoms with Crippen LogP contribution in [-0.4, -0.2) is 55.6 Å². The third-order valence-electron chi connectivity index (χ3n) is 4.91. The second-order valence-corrected chi connectivity index (χ2v) is 6.74. The van der Waals surface area contributed by atoms with Gasteiger partial charge in [-0.2, -0.15) is 0 Å². The molecule has 0 spiro atoms. The number of para-hydroxylation sites is 2. The molecule has 1 aliphatic heterocycles. The number of ether oxygens (including phenoxy) is 2. The number of nitrogens with zero attached hydrogens (tertiary/aromatic N) is 3. The molecule has 0 atom stereocenters. The third kappa shape index (κ3) is 5.37. The van der Waals surface area contributed by atoms with Crippen LogP contribution in [0.15, 0.2) is 48.5 Å². The number of carbonyl (C=O) groups is 1. The molecule has 1 fully saturated rings. The molecular formula is C21H25N3O5. The minimum absolute atomic E-state index is 0.0885. The van der Waals surface area contributed by atoms with E-state index in [0.717, 1.165) is 11.5 Å². The van der Waals surface area contributed by atoms with Gasteiger partial charge in [0.1, 0.15) is 17.2 Å². The molecule has 154 valence electrons. The third-order valence-corrected chi connectivity index (χ3v) is 4.91. The van der Waals surface area contributed by atoms with Crippen LogP contribution in [0.1, 0.15) is 12.8 Å². The van der Waals surface area contributed by atoms with E-state index in [4.69, 9.17) is 9.47 Å². The number of hydrogen-bond donors (Lipinski definition) is 0. The van der Waals surface area contributed by atoms with E-state index in [2.05, 4.69) is 0 Å². The molecule has 3 rings (SSSR count). The van der Waals surface area contributed by atoms with Crippen molar-refractivity contribution in [1.29, 1.82) is 0 Å². The lowest BCUT2D eigenvalue weighted by molar-refractivity contribution is -0.384. The van der Waals surface area contributed by atoms with Gasteiger partial charge in [-0.3, -0.25) is 14.9 Å². The SMILES string of the molecule is COc1ccc(OCCCC(=O)N2CCN(c3ccccc3[N+](=O)[O-])CC2)cc1. The summed E-state index contributed by atoms with van der Waals surface area (Å²) in [6.45, 7) is 2.75. The van der Waals surface area contributed by atoms with Crippen molar-refractivity contribution in [3.63, 3.8) is 0 Å². The van der Waals surface area contributed by atoms with Crippen molar-refractivity contribution in [3.05, 3.63) is 58.6 Å². The summed E-state index contributed by atoms with van der Waals surface area (Å²) in [4.78, 5) is 27.1. The highest BCUT2D eigenvalue weighted by molar-refractivity contribution is 5.76. The maximum absolute atomic E-state index is 12.4. The molecule has 0 N–H and O–H groups in total. The molecule has 8 heteroatoms. The normalized spacial score (nSPS) is 13.8. The number of hydrogen-bond acceptors (Lipinski definition) is 6. The van der Waals surface area contributed by atoms with Crippen LogP contribution >= 0.6 is 0 Å². The van der Waals surface area contributed by atoms with Crippen molar-refractivity contribution in [2.24, 2.45) is 0 Å². The number of nitro benzene ring substituents is 1. The van der Waals surface area contributed by atoms with Gasteiger partial charge in [0.25, 0.3) is 5.69 Å². The number of piperazine rings is 1. The number of anilines is 1. The number of carbonyl (C=O) groups excluding carboxylic acids is 1. The van der Waals surface area contributed by atoms with Crippen LogP contribution in [0.4, 0.5) is 11.4 Å². The van der Waals surface area contributed by atoms with Crippen LogP contribution in [0.5, 0.6) is 11.5 Å². The van der Waals surface area contributed by atoms with Crippen molar-refractivity contribution in [3.8, 4) is 11.5 Å². The van der Waals surface area contributed by atoms with Crippen molar-refractivity contribution >= 4 is 17.3 Å². The Hall–Kier alpha value is -3.29. The summed E-state index contributed by atoms with van der Waals surface area (Å²) >= 11 is 0. The molecule has 0 aromatic heterocycles. The van der Waals surface area contributed by atoms with Gasteiger partial charge in [0, 0.05) is 38.7 Å². The van der Waals surface area contributed by atoms with Crippen LogP contribution < -0.4 is 14.4 Å². The lowest BCUT2D eigenvalue weighted by atomic mass is 10.2. The molecule has 8 nitrogen and oxygen atoms in total. The zero-order chi connectivity index (χ0) is 20.6. The first-order chi connectivity index (χ1) is 14.1. The van der Waals surface area contributed by atoms with E-state index in [9.17, 15) is 14.9 Å². The number of rotatable bonds is 8. The Morgan fingerprint density at radius 3 is 2.34 bits per heavy atom. The Balaban J connectivity index is 1.41. The molecule has 0 bridgehead atoms. The molecule has 0 aliphatic carbocycles. The van der Waals surface area contributed by atoms with Gasteiger partial charge >= 0.3 is 0 Å². The second kappa shape index (κ2) is 9.77. The van der Waals surface area contributed by atoms with Crippen LogP contribution in [-0.2, 0) is 4.79 Å². The van der Waals surface area contributed by atoms with Crippen LogP contribution in [0, 0.1) is 10.1 Å². The number of nitro groups is 1. The maximum Gasteiger partial charge on any atom is 0.292 e. The minimum Gasteiger partial charge on any atom is -0.497 e. The average Bonchev–Trinajstić information content (AvgIpc) is 2.77. The Kier molecular flexibility index (Phi) is 6.89. The zero-order valence-corrected chi connectivity index (χ0v) is 16.5. The molecule has 2 aromatic rings. The standard InChI is InChI=1S/C21H25N3O5/c1-28-17-8-10-18(11-9-17)29-16-4-7-21(25)23-14-12-22(13-15-23)19-5-2-3-6-20(19)24(26)27/h2-3,5-6,8-11H,4,7,12-16H2,1H3. The summed E-state index contributed by atoms with van der Waals surface area (Å²) in [7, 11) is 1.61. The molecule has 1 heterocycles. The quantitative estimate of drug-likeness (QED) is 0.385. The van der Waals surface area contributed by atoms with Gasteiger partial charge in [-0.05, 0) is 36.8 Å². The highest BCUT2D eigenvalue weighted by Crippen LogP contribution is 2.28. The largest absolute Gasteiger partial charge is 0.497 e.